The van der Waals surface area contributed by atoms with E-state index in [1.165, 1.54) is 24.3 Å². The molecule has 1 aliphatic carbocycles. The number of oxime groups is 1. The lowest BCUT2D eigenvalue weighted by molar-refractivity contribution is -0.384. The van der Waals surface area contributed by atoms with Gasteiger partial charge in [0.05, 0.1) is 18.1 Å². The van der Waals surface area contributed by atoms with E-state index in [1.807, 2.05) is 0 Å². The third-order valence-electron chi connectivity index (χ3n) is 3.25. The average Bonchev–Trinajstić information content (AvgIpc) is 2.51. The maximum Gasteiger partial charge on any atom is 0.269 e. The van der Waals surface area contributed by atoms with Gasteiger partial charge >= 0.3 is 0 Å². The summed E-state index contributed by atoms with van der Waals surface area (Å²) >= 11 is 0. The number of rotatable bonds is 4. The maximum atomic E-state index is 10.5. The van der Waals surface area contributed by atoms with Crippen molar-refractivity contribution in [1.82, 2.24) is 0 Å². The van der Waals surface area contributed by atoms with E-state index in [-0.39, 0.29) is 24.4 Å². The largest absolute Gasteiger partial charge is 0.391 e. The van der Waals surface area contributed by atoms with Crippen molar-refractivity contribution >= 4 is 11.4 Å². The van der Waals surface area contributed by atoms with Crippen LogP contribution in [0.3, 0.4) is 0 Å². The summed E-state index contributed by atoms with van der Waals surface area (Å²) in [6.07, 6.45) is -7.87. The summed E-state index contributed by atoms with van der Waals surface area (Å²) < 4.78 is 7.62. The average molecular weight is 313 g/mol. The molecule has 1 saturated carbocycles. The van der Waals surface area contributed by atoms with Gasteiger partial charge in [0.1, 0.15) is 24.9 Å². The molecule has 0 aliphatic heterocycles. The van der Waals surface area contributed by atoms with Crippen molar-refractivity contribution in [2.24, 2.45) is 5.16 Å². The Morgan fingerprint density at radius 1 is 1.27 bits per heavy atom. The fourth-order valence-electron chi connectivity index (χ4n) is 1.95. The predicted octanol–water partition coefficient (Wildman–Crippen LogP) is -0.685. The maximum absolute atomic E-state index is 10.5. The molecular formula is C13H16N2O7. The molecule has 0 amide bonds. The van der Waals surface area contributed by atoms with Crippen LogP contribution >= 0.6 is 0 Å². The second-order valence-corrected chi connectivity index (χ2v) is 4.83. The SMILES string of the molecule is [2H][C@@]1(O)/C(=N/OCc2ccc([N+](=O)[O-])cc2)C[C@@H](O)[C@H](O)[C@H]1O. The van der Waals surface area contributed by atoms with E-state index in [0.717, 1.165) is 0 Å². The van der Waals surface area contributed by atoms with Crippen LogP contribution in [0.1, 0.15) is 13.4 Å². The monoisotopic (exact) mass is 313 g/mol. The van der Waals surface area contributed by atoms with Crippen LogP contribution in [0, 0.1) is 10.1 Å². The fourth-order valence-corrected chi connectivity index (χ4v) is 1.95. The second kappa shape index (κ2) is 6.79. The predicted molar refractivity (Wildman–Crippen MR) is 74.0 cm³/mol. The summed E-state index contributed by atoms with van der Waals surface area (Å²) in [5.41, 5.74) is 0.156. The van der Waals surface area contributed by atoms with Gasteiger partial charge in [0, 0.05) is 18.6 Å². The van der Waals surface area contributed by atoms with Gasteiger partial charge in [-0.2, -0.15) is 0 Å². The molecule has 4 atom stereocenters. The van der Waals surface area contributed by atoms with Crippen LogP contribution < -0.4 is 0 Å². The normalized spacial score (nSPS) is 34.3. The molecule has 0 heterocycles. The van der Waals surface area contributed by atoms with E-state index < -0.39 is 29.3 Å². The number of hydrogen-bond acceptors (Lipinski definition) is 8. The molecule has 1 aromatic carbocycles. The van der Waals surface area contributed by atoms with E-state index in [4.69, 9.17) is 6.21 Å². The smallest absolute Gasteiger partial charge is 0.269 e. The highest BCUT2D eigenvalue weighted by Gasteiger charge is 2.40. The molecule has 120 valence electrons. The molecule has 0 bridgehead atoms. The first-order chi connectivity index (χ1) is 10.7. The second-order valence-electron chi connectivity index (χ2n) is 4.83. The molecule has 22 heavy (non-hydrogen) atoms. The first-order valence-corrected chi connectivity index (χ1v) is 6.42. The molecule has 9 heteroatoms. The Kier molecular flexibility index (Phi) is 4.59. The van der Waals surface area contributed by atoms with Crippen LogP contribution in [0.2, 0.25) is 0 Å². The number of benzene rings is 1. The number of aliphatic hydroxyl groups excluding tert-OH is 3. The zero-order valence-corrected chi connectivity index (χ0v) is 11.4. The van der Waals surface area contributed by atoms with Gasteiger partial charge in [-0.15, -0.1) is 0 Å². The third-order valence-corrected chi connectivity index (χ3v) is 3.25. The number of nitro groups is 1. The van der Waals surface area contributed by atoms with Crippen LogP contribution in [-0.2, 0) is 11.4 Å². The number of non-ortho nitro benzene ring substituents is 1. The van der Waals surface area contributed by atoms with Crippen molar-refractivity contribution in [2.45, 2.75) is 37.4 Å². The standard InChI is InChI=1S/C13H16N2O7/c16-10-5-9(11(17)13(19)12(10)18)14-22-6-7-1-3-8(4-2-7)15(20)21/h1-4,10-13,16-19H,5-6H2/b14-9+/t10-,11-,12+,13+/m1/s1/i11D. The topological polar surface area (TPSA) is 146 Å². The molecule has 0 spiro atoms. The molecule has 1 aromatic rings. The summed E-state index contributed by atoms with van der Waals surface area (Å²) in [7, 11) is 0. The highest BCUT2D eigenvalue weighted by Crippen LogP contribution is 2.19. The van der Waals surface area contributed by atoms with Crippen molar-refractivity contribution in [1.29, 1.82) is 0 Å². The van der Waals surface area contributed by atoms with Gasteiger partial charge in [-0.25, -0.2) is 0 Å². The number of nitro benzene ring substituents is 1. The van der Waals surface area contributed by atoms with Gasteiger partial charge in [-0.05, 0) is 17.7 Å². The van der Waals surface area contributed by atoms with E-state index in [0.29, 0.717) is 5.56 Å². The Balaban J connectivity index is 2.03. The summed E-state index contributed by atoms with van der Waals surface area (Å²) in [5, 5.41) is 52.5. The quantitative estimate of drug-likeness (QED) is 0.425. The van der Waals surface area contributed by atoms with Crippen LogP contribution in [0.4, 0.5) is 5.69 Å². The van der Waals surface area contributed by atoms with Gasteiger partial charge in [0.15, 0.2) is 0 Å². The molecular weight excluding hydrogens is 296 g/mol. The van der Waals surface area contributed by atoms with Crippen LogP contribution in [0.25, 0.3) is 0 Å². The lowest BCUT2D eigenvalue weighted by Gasteiger charge is -2.32. The summed E-state index contributed by atoms with van der Waals surface area (Å²) in [5.74, 6) is 0. The van der Waals surface area contributed by atoms with Crippen molar-refractivity contribution in [2.75, 3.05) is 0 Å². The molecule has 0 aromatic heterocycles. The first kappa shape index (κ1) is 14.9. The zero-order chi connectivity index (χ0) is 17.2. The number of hydrogen-bond donors (Lipinski definition) is 4. The lowest BCUT2D eigenvalue weighted by Crippen LogP contribution is -2.54. The minimum Gasteiger partial charge on any atom is -0.391 e. The molecule has 1 aliphatic rings. The van der Waals surface area contributed by atoms with Crippen molar-refractivity contribution in [3.05, 3.63) is 39.9 Å². The Morgan fingerprint density at radius 3 is 2.50 bits per heavy atom. The van der Waals surface area contributed by atoms with E-state index in [9.17, 15) is 30.5 Å². The molecule has 2 rings (SSSR count). The van der Waals surface area contributed by atoms with Crippen molar-refractivity contribution in [3.8, 4) is 0 Å². The molecule has 0 radical (unpaired) electrons. The molecule has 4 N–H and O–H groups in total. The lowest BCUT2D eigenvalue weighted by atomic mass is 9.88. The highest BCUT2D eigenvalue weighted by molar-refractivity contribution is 5.90. The van der Waals surface area contributed by atoms with Crippen LogP contribution in [0.15, 0.2) is 29.4 Å². The number of aliphatic hydroxyl groups is 4. The molecule has 0 saturated heterocycles. The number of nitrogens with zero attached hydrogens (tertiary/aromatic N) is 2. The minimum atomic E-state index is -2.58. The fraction of sp³-hybridized carbons (Fsp3) is 0.462. The zero-order valence-electron chi connectivity index (χ0n) is 12.4. The van der Waals surface area contributed by atoms with Crippen molar-refractivity contribution in [3.63, 3.8) is 0 Å². The summed E-state index contributed by atoms with van der Waals surface area (Å²) in [6.45, 7) is -0.0910. The van der Waals surface area contributed by atoms with Gasteiger partial charge in [0.2, 0.25) is 0 Å². The molecule has 0 unspecified atom stereocenters. The Labute approximate surface area is 126 Å². The van der Waals surface area contributed by atoms with E-state index >= 15 is 0 Å². The highest BCUT2D eigenvalue weighted by atomic mass is 16.6. The van der Waals surface area contributed by atoms with Crippen LogP contribution in [0.5, 0.6) is 0 Å². The third kappa shape index (κ3) is 3.57. The summed E-state index contributed by atoms with van der Waals surface area (Å²) in [6, 6.07) is 5.49. The van der Waals surface area contributed by atoms with Gasteiger partial charge < -0.3 is 25.3 Å². The van der Waals surface area contributed by atoms with E-state index in [2.05, 4.69) is 5.16 Å². The van der Waals surface area contributed by atoms with Gasteiger partial charge in [-0.3, -0.25) is 10.1 Å². The Morgan fingerprint density at radius 2 is 1.91 bits per heavy atom. The first-order valence-electron chi connectivity index (χ1n) is 6.92. The van der Waals surface area contributed by atoms with Gasteiger partial charge in [0.25, 0.3) is 5.69 Å². The van der Waals surface area contributed by atoms with Crippen molar-refractivity contribution < 1.29 is 31.6 Å². The van der Waals surface area contributed by atoms with Crippen LogP contribution in [-0.4, -0.2) is 55.5 Å². The molecule has 9 nitrogen and oxygen atoms in total. The molecule has 1 fully saturated rings. The Hall–Kier alpha value is -2.07. The Bertz CT molecular complexity index is 605. The van der Waals surface area contributed by atoms with E-state index in [1.54, 1.807) is 0 Å². The minimum absolute atomic E-state index is 0.0758. The summed E-state index contributed by atoms with van der Waals surface area (Å²) in [4.78, 5) is 14.9. The van der Waals surface area contributed by atoms with Gasteiger partial charge in [-0.1, -0.05) is 5.16 Å².